The Balaban J connectivity index is 3.72. The van der Waals surface area contributed by atoms with Crippen LogP contribution in [0.25, 0.3) is 0 Å². The van der Waals surface area contributed by atoms with Crippen molar-refractivity contribution in [1.29, 1.82) is 0 Å². The molecule has 0 aromatic heterocycles. The van der Waals surface area contributed by atoms with Crippen molar-refractivity contribution in [3.63, 3.8) is 0 Å². The molecule has 3 nitrogen and oxygen atoms in total. The van der Waals surface area contributed by atoms with E-state index in [2.05, 4.69) is 4.74 Å². The van der Waals surface area contributed by atoms with Gasteiger partial charge in [-0.05, 0) is 12.8 Å². The zero-order valence-corrected chi connectivity index (χ0v) is 8.79. The molecule has 72 valence electrons. The number of carbonyl (C=O) groups is 1. The SMILES string of the molecule is COC(=O)[C@@H](N)CCC(Cl)(Cl)Cl. The van der Waals surface area contributed by atoms with Gasteiger partial charge >= 0.3 is 5.97 Å². The smallest absolute Gasteiger partial charge is 0.322 e. The highest BCUT2D eigenvalue weighted by molar-refractivity contribution is 6.67. The van der Waals surface area contributed by atoms with Crippen LogP contribution in [0, 0.1) is 0 Å². The first-order chi connectivity index (χ1) is 5.37. The minimum Gasteiger partial charge on any atom is -0.468 e. The molecule has 12 heavy (non-hydrogen) atoms. The summed E-state index contributed by atoms with van der Waals surface area (Å²) in [5.41, 5.74) is 5.38. The second-order valence-corrected chi connectivity index (χ2v) is 4.80. The molecule has 0 aliphatic heterocycles. The molecule has 0 aliphatic rings. The van der Waals surface area contributed by atoms with Gasteiger partial charge in [0, 0.05) is 0 Å². The summed E-state index contributed by atoms with van der Waals surface area (Å²) in [4.78, 5) is 10.8. The van der Waals surface area contributed by atoms with Crippen LogP contribution in [0.5, 0.6) is 0 Å². The summed E-state index contributed by atoms with van der Waals surface area (Å²) in [6, 6.07) is -0.717. The van der Waals surface area contributed by atoms with Crippen LogP contribution in [0.3, 0.4) is 0 Å². The molecule has 0 fully saturated rings. The van der Waals surface area contributed by atoms with Gasteiger partial charge in [0.15, 0.2) is 3.79 Å². The summed E-state index contributed by atoms with van der Waals surface area (Å²) in [5, 5.41) is 0. The van der Waals surface area contributed by atoms with Gasteiger partial charge in [0.1, 0.15) is 6.04 Å². The number of ether oxygens (including phenoxy) is 1. The van der Waals surface area contributed by atoms with E-state index in [4.69, 9.17) is 40.5 Å². The van der Waals surface area contributed by atoms with Gasteiger partial charge in [0.2, 0.25) is 0 Å². The largest absolute Gasteiger partial charge is 0.468 e. The average Bonchev–Trinajstić information content (AvgIpc) is 1.97. The van der Waals surface area contributed by atoms with Crippen molar-refractivity contribution in [3.05, 3.63) is 0 Å². The number of methoxy groups -OCH3 is 1. The molecule has 0 saturated carbocycles. The molecule has 1 atom stereocenters. The van der Waals surface area contributed by atoms with E-state index in [9.17, 15) is 4.79 Å². The fourth-order valence-electron chi connectivity index (χ4n) is 0.588. The van der Waals surface area contributed by atoms with Crippen LogP contribution in [0.1, 0.15) is 12.8 Å². The lowest BCUT2D eigenvalue weighted by atomic mass is 10.2. The molecule has 0 aromatic carbocycles. The van der Waals surface area contributed by atoms with Crippen LogP contribution in [-0.4, -0.2) is 22.9 Å². The van der Waals surface area contributed by atoms with Crippen LogP contribution in [0.15, 0.2) is 0 Å². The summed E-state index contributed by atoms with van der Waals surface area (Å²) < 4.78 is 3.03. The van der Waals surface area contributed by atoms with Crippen LogP contribution in [0.4, 0.5) is 0 Å². The highest BCUT2D eigenvalue weighted by Gasteiger charge is 2.23. The van der Waals surface area contributed by atoms with Gasteiger partial charge in [-0.3, -0.25) is 4.79 Å². The molecule has 0 heterocycles. The van der Waals surface area contributed by atoms with Gasteiger partial charge < -0.3 is 10.5 Å². The normalized spacial score (nSPS) is 14.1. The maximum atomic E-state index is 10.8. The van der Waals surface area contributed by atoms with Crippen molar-refractivity contribution < 1.29 is 9.53 Å². The Kier molecular flexibility index (Phi) is 5.25. The number of hydrogen-bond donors (Lipinski definition) is 1. The number of halogens is 3. The zero-order chi connectivity index (χ0) is 9.78. The molecule has 0 aromatic rings. The molecule has 0 saturated heterocycles. The van der Waals surface area contributed by atoms with E-state index in [-0.39, 0.29) is 6.42 Å². The van der Waals surface area contributed by atoms with E-state index < -0.39 is 15.8 Å². The van der Waals surface area contributed by atoms with Crippen molar-refractivity contribution in [1.82, 2.24) is 0 Å². The quantitative estimate of drug-likeness (QED) is 0.597. The van der Waals surface area contributed by atoms with Gasteiger partial charge in [-0.25, -0.2) is 0 Å². The third-order valence-corrected chi connectivity index (χ3v) is 1.81. The van der Waals surface area contributed by atoms with Gasteiger partial charge in [0.05, 0.1) is 7.11 Å². The summed E-state index contributed by atoms with van der Waals surface area (Å²) >= 11 is 16.3. The molecule has 0 aliphatic carbocycles. The Morgan fingerprint density at radius 1 is 1.58 bits per heavy atom. The summed E-state index contributed by atoms with van der Waals surface area (Å²) in [6.07, 6.45) is 0.525. The summed E-state index contributed by atoms with van der Waals surface area (Å²) in [7, 11) is 1.26. The predicted octanol–water partition coefficient (Wildman–Crippen LogP) is 1.64. The Bertz CT molecular complexity index is 157. The van der Waals surface area contributed by atoms with Crippen molar-refractivity contribution in [3.8, 4) is 0 Å². The van der Waals surface area contributed by atoms with Crippen molar-refractivity contribution in [2.75, 3.05) is 7.11 Å². The lowest BCUT2D eigenvalue weighted by molar-refractivity contribution is -0.142. The van der Waals surface area contributed by atoms with Crippen molar-refractivity contribution in [2.45, 2.75) is 22.7 Å². The number of carbonyl (C=O) groups excluding carboxylic acids is 1. The van der Waals surface area contributed by atoms with Crippen LogP contribution in [-0.2, 0) is 9.53 Å². The van der Waals surface area contributed by atoms with Crippen LogP contribution in [0.2, 0.25) is 0 Å². The van der Waals surface area contributed by atoms with Crippen molar-refractivity contribution >= 4 is 40.8 Å². The Labute approximate surface area is 86.1 Å². The van der Waals surface area contributed by atoms with Gasteiger partial charge in [0.25, 0.3) is 0 Å². The highest BCUT2D eigenvalue weighted by Crippen LogP contribution is 2.31. The van der Waals surface area contributed by atoms with E-state index in [0.29, 0.717) is 6.42 Å². The minimum atomic E-state index is -1.36. The zero-order valence-electron chi connectivity index (χ0n) is 6.52. The second kappa shape index (κ2) is 5.12. The fraction of sp³-hybridized carbons (Fsp3) is 0.833. The maximum Gasteiger partial charge on any atom is 0.322 e. The maximum absolute atomic E-state index is 10.8. The Morgan fingerprint density at radius 3 is 2.42 bits per heavy atom. The van der Waals surface area contributed by atoms with Crippen LogP contribution < -0.4 is 5.73 Å². The second-order valence-electron chi connectivity index (χ2n) is 2.28. The van der Waals surface area contributed by atoms with E-state index in [1.54, 1.807) is 0 Å². The Morgan fingerprint density at radius 2 is 2.08 bits per heavy atom. The number of alkyl halides is 3. The highest BCUT2D eigenvalue weighted by atomic mass is 35.6. The number of esters is 1. The summed E-state index contributed by atoms with van der Waals surface area (Å²) in [5.74, 6) is -0.496. The molecule has 0 unspecified atom stereocenters. The lowest BCUT2D eigenvalue weighted by Gasteiger charge is -2.13. The van der Waals surface area contributed by atoms with E-state index in [1.165, 1.54) is 7.11 Å². The van der Waals surface area contributed by atoms with E-state index >= 15 is 0 Å². The third-order valence-electron chi connectivity index (χ3n) is 1.24. The first kappa shape index (κ1) is 12.3. The number of rotatable bonds is 3. The summed E-state index contributed by atoms with van der Waals surface area (Å²) in [6.45, 7) is 0. The molecule has 0 radical (unpaired) electrons. The van der Waals surface area contributed by atoms with Gasteiger partial charge in [-0.1, -0.05) is 34.8 Å². The molecular weight excluding hydrogens is 224 g/mol. The van der Waals surface area contributed by atoms with Gasteiger partial charge in [-0.15, -0.1) is 0 Å². The topological polar surface area (TPSA) is 52.3 Å². The molecule has 0 bridgehead atoms. The number of nitrogens with two attached hydrogens (primary N) is 1. The van der Waals surface area contributed by atoms with Crippen molar-refractivity contribution in [2.24, 2.45) is 5.73 Å². The van der Waals surface area contributed by atoms with Crippen LogP contribution >= 0.6 is 34.8 Å². The lowest BCUT2D eigenvalue weighted by Crippen LogP contribution is -2.32. The molecule has 6 heteroatoms. The van der Waals surface area contributed by atoms with Gasteiger partial charge in [-0.2, -0.15) is 0 Å². The number of hydrogen-bond acceptors (Lipinski definition) is 3. The minimum absolute atomic E-state index is 0.230. The molecule has 2 N–H and O–H groups in total. The molecule has 0 rings (SSSR count). The molecular formula is C6H10Cl3NO2. The average molecular weight is 235 g/mol. The standard InChI is InChI=1S/C6H10Cl3NO2/c1-12-5(11)4(10)2-3-6(7,8)9/h4H,2-3,10H2,1H3/t4-/m0/s1. The Hall–Kier alpha value is 0.300. The fourth-order valence-corrected chi connectivity index (χ4v) is 0.916. The molecule has 0 spiro atoms. The molecule has 0 amide bonds. The van der Waals surface area contributed by atoms with E-state index in [0.717, 1.165) is 0 Å². The first-order valence-corrected chi connectivity index (χ1v) is 4.40. The third kappa shape index (κ3) is 5.89. The first-order valence-electron chi connectivity index (χ1n) is 3.27. The monoisotopic (exact) mass is 233 g/mol. The van der Waals surface area contributed by atoms with E-state index in [1.807, 2.05) is 0 Å². The predicted molar refractivity (Wildman–Crippen MR) is 49.5 cm³/mol.